The van der Waals surface area contributed by atoms with E-state index in [0.29, 0.717) is 6.42 Å². The standard InChI is InChI=1S/C22H26N2OS/c1-3-16-10-9-11-17(4-2)22(16)24-20(25)14-7-8-15-21-23-18-12-5-6-13-19(18)26-21/h5-6,9-13H,3-4,7-8,14-15H2,1-2H3,(H,24,25). The van der Waals surface area contributed by atoms with Gasteiger partial charge < -0.3 is 5.32 Å². The molecule has 0 unspecified atom stereocenters. The Kier molecular flexibility index (Phi) is 6.40. The second kappa shape index (κ2) is 8.95. The summed E-state index contributed by atoms with van der Waals surface area (Å²) in [5.74, 6) is 0.116. The zero-order valence-electron chi connectivity index (χ0n) is 15.5. The Labute approximate surface area is 159 Å². The number of fused-ring (bicyclic) bond motifs is 1. The van der Waals surface area contributed by atoms with Crippen molar-refractivity contribution in [3.05, 3.63) is 58.6 Å². The number of unbranched alkanes of at least 4 members (excludes halogenated alkanes) is 1. The first-order valence-electron chi connectivity index (χ1n) is 9.46. The first-order chi connectivity index (χ1) is 12.7. The van der Waals surface area contributed by atoms with Crippen molar-refractivity contribution in [2.45, 2.75) is 52.4 Å². The first kappa shape index (κ1) is 18.6. The van der Waals surface area contributed by atoms with Crippen LogP contribution >= 0.6 is 11.3 Å². The molecule has 0 aliphatic carbocycles. The number of amides is 1. The summed E-state index contributed by atoms with van der Waals surface area (Å²) in [7, 11) is 0. The van der Waals surface area contributed by atoms with E-state index in [1.807, 2.05) is 12.1 Å². The highest BCUT2D eigenvalue weighted by Gasteiger charge is 2.10. The molecule has 0 radical (unpaired) electrons. The van der Waals surface area contributed by atoms with Crippen LogP contribution < -0.4 is 5.32 Å². The van der Waals surface area contributed by atoms with Gasteiger partial charge in [0.15, 0.2) is 0 Å². The summed E-state index contributed by atoms with van der Waals surface area (Å²) < 4.78 is 1.24. The Morgan fingerprint density at radius 2 is 1.73 bits per heavy atom. The molecule has 0 fully saturated rings. The minimum atomic E-state index is 0.116. The van der Waals surface area contributed by atoms with E-state index in [4.69, 9.17) is 0 Å². The molecule has 1 N–H and O–H groups in total. The average Bonchev–Trinajstić information content (AvgIpc) is 3.08. The van der Waals surface area contributed by atoms with Gasteiger partial charge in [0.2, 0.25) is 5.91 Å². The van der Waals surface area contributed by atoms with Crippen molar-refractivity contribution >= 4 is 33.1 Å². The number of hydrogen-bond acceptors (Lipinski definition) is 3. The lowest BCUT2D eigenvalue weighted by Gasteiger charge is -2.14. The number of hydrogen-bond donors (Lipinski definition) is 1. The Morgan fingerprint density at radius 3 is 2.42 bits per heavy atom. The molecule has 1 amide bonds. The van der Waals surface area contributed by atoms with Gasteiger partial charge in [-0.3, -0.25) is 4.79 Å². The minimum absolute atomic E-state index is 0.116. The van der Waals surface area contributed by atoms with Crippen LogP contribution in [0.2, 0.25) is 0 Å². The monoisotopic (exact) mass is 366 g/mol. The summed E-state index contributed by atoms with van der Waals surface area (Å²) in [4.78, 5) is 17.0. The second-order valence-electron chi connectivity index (χ2n) is 6.49. The smallest absolute Gasteiger partial charge is 0.224 e. The maximum atomic E-state index is 12.4. The topological polar surface area (TPSA) is 42.0 Å². The number of nitrogens with one attached hydrogen (secondary N) is 1. The number of rotatable bonds is 8. The second-order valence-corrected chi connectivity index (χ2v) is 7.60. The van der Waals surface area contributed by atoms with E-state index >= 15 is 0 Å². The maximum absolute atomic E-state index is 12.4. The predicted molar refractivity (Wildman–Crippen MR) is 111 cm³/mol. The van der Waals surface area contributed by atoms with Gasteiger partial charge in [-0.2, -0.15) is 0 Å². The third kappa shape index (κ3) is 4.50. The van der Waals surface area contributed by atoms with Gasteiger partial charge in [0.25, 0.3) is 0 Å². The van der Waals surface area contributed by atoms with Crippen molar-refractivity contribution in [3.8, 4) is 0 Å². The number of carbonyl (C=O) groups excluding carboxylic acids is 1. The number of benzene rings is 2. The van der Waals surface area contributed by atoms with Crippen LogP contribution in [0.4, 0.5) is 5.69 Å². The van der Waals surface area contributed by atoms with Crippen molar-refractivity contribution in [2.24, 2.45) is 0 Å². The highest BCUT2D eigenvalue weighted by Crippen LogP contribution is 2.24. The van der Waals surface area contributed by atoms with Crippen LogP contribution in [0.25, 0.3) is 10.2 Å². The largest absolute Gasteiger partial charge is 0.326 e. The molecule has 3 nitrogen and oxygen atoms in total. The van der Waals surface area contributed by atoms with Crippen molar-refractivity contribution in [1.29, 1.82) is 0 Å². The molecule has 0 atom stereocenters. The Balaban J connectivity index is 1.50. The molecule has 0 spiro atoms. The van der Waals surface area contributed by atoms with Gasteiger partial charge in [-0.05, 0) is 55.4 Å². The van der Waals surface area contributed by atoms with Crippen LogP contribution in [0.5, 0.6) is 0 Å². The van der Waals surface area contributed by atoms with E-state index in [1.165, 1.54) is 15.8 Å². The fourth-order valence-corrected chi connectivity index (χ4v) is 4.20. The number of thiazole rings is 1. The fraction of sp³-hybridized carbons (Fsp3) is 0.364. The van der Waals surface area contributed by atoms with Crippen LogP contribution in [-0.4, -0.2) is 10.9 Å². The first-order valence-corrected chi connectivity index (χ1v) is 10.3. The molecule has 0 bridgehead atoms. The van der Waals surface area contributed by atoms with Gasteiger partial charge in [-0.15, -0.1) is 11.3 Å². The maximum Gasteiger partial charge on any atom is 0.224 e. The molecule has 1 heterocycles. The number of aryl methyl sites for hydroxylation is 3. The molecular formula is C22H26N2OS. The van der Waals surface area contributed by atoms with Gasteiger partial charge in [-0.25, -0.2) is 4.98 Å². The van der Waals surface area contributed by atoms with Crippen LogP contribution in [0.3, 0.4) is 0 Å². The molecule has 0 saturated carbocycles. The summed E-state index contributed by atoms with van der Waals surface area (Å²) in [5, 5.41) is 4.31. The normalized spacial score (nSPS) is 11.0. The molecule has 0 aliphatic rings. The van der Waals surface area contributed by atoms with Crippen LogP contribution in [0.15, 0.2) is 42.5 Å². The Morgan fingerprint density at radius 1 is 1.00 bits per heavy atom. The number of carbonyl (C=O) groups is 1. The molecule has 136 valence electrons. The van der Waals surface area contributed by atoms with Gasteiger partial charge >= 0.3 is 0 Å². The Hall–Kier alpha value is -2.20. The van der Waals surface area contributed by atoms with Crippen LogP contribution in [-0.2, 0) is 24.1 Å². The lowest BCUT2D eigenvalue weighted by Crippen LogP contribution is -2.14. The van der Waals surface area contributed by atoms with E-state index in [2.05, 4.69) is 54.5 Å². The van der Waals surface area contributed by atoms with E-state index in [1.54, 1.807) is 11.3 Å². The van der Waals surface area contributed by atoms with Gasteiger partial charge in [0.1, 0.15) is 0 Å². The average molecular weight is 367 g/mol. The third-order valence-electron chi connectivity index (χ3n) is 4.65. The lowest BCUT2D eigenvalue weighted by molar-refractivity contribution is -0.116. The molecule has 1 aromatic heterocycles. The molecule has 26 heavy (non-hydrogen) atoms. The molecule has 3 aromatic rings. The fourth-order valence-electron chi connectivity index (χ4n) is 3.19. The summed E-state index contributed by atoms with van der Waals surface area (Å²) in [6, 6.07) is 14.5. The van der Waals surface area contributed by atoms with E-state index in [9.17, 15) is 4.79 Å². The molecular weight excluding hydrogens is 340 g/mol. The quantitative estimate of drug-likeness (QED) is 0.514. The molecule has 2 aromatic carbocycles. The van der Waals surface area contributed by atoms with Crippen LogP contribution in [0, 0.1) is 0 Å². The summed E-state index contributed by atoms with van der Waals surface area (Å²) in [5.41, 5.74) is 4.53. The summed E-state index contributed by atoms with van der Waals surface area (Å²) in [6.07, 6.45) is 5.24. The number of aromatic nitrogens is 1. The summed E-state index contributed by atoms with van der Waals surface area (Å²) >= 11 is 1.76. The van der Waals surface area contributed by atoms with E-state index < -0.39 is 0 Å². The number of nitrogens with zero attached hydrogens (tertiary/aromatic N) is 1. The predicted octanol–water partition coefficient (Wildman–Crippen LogP) is 5.77. The highest BCUT2D eigenvalue weighted by atomic mass is 32.1. The van der Waals surface area contributed by atoms with Gasteiger partial charge in [-0.1, -0.05) is 44.2 Å². The van der Waals surface area contributed by atoms with Crippen molar-refractivity contribution in [2.75, 3.05) is 5.32 Å². The molecule has 3 rings (SSSR count). The SMILES string of the molecule is CCc1cccc(CC)c1NC(=O)CCCCc1nc2ccccc2s1. The van der Waals surface area contributed by atoms with Crippen molar-refractivity contribution in [1.82, 2.24) is 4.98 Å². The number of anilines is 1. The molecule has 0 saturated heterocycles. The van der Waals surface area contributed by atoms with Crippen molar-refractivity contribution in [3.63, 3.8) is 0 Å². The molecule has 4 heteroatoms. The van der Waals surface area contributed by atoms with Gasteiger partial charge in [0, 0.05) is 12.1 Å². The lowest BCUT2D eigenvalue weighted by atomic mass is 10.0. The highest BCUT2D eigenvalue weighted by molar-refractivity contribution is 7.18. The van der Waals surface area contributed by atoms with Crippen LogP contribution in [0.1, 0.15) is 49.2 Å². The Bertz CT molecular complexity index is 829. The molecule has 0 aliphatic heterocycles. The number of para-hydroxylation sites is 2. The summed E-state index contributed by atoms with van der Waals surface area (Å²) in [6.45, 7) is 4.25. The van der Waals surface area contributed by atoms with Gasteiger partial charge in [0.05, 0.1) is 15.2 Å². The van der Waals surface area contributed by atoms with Crippen molar-refractivity contribution < 1.29 is 4.79 Å². The van der Waals surface area contributed by atoms with E-state index in [0.717, 1.165) is 48.3 Å². The minimum Gasteiger partial charge on any atom is -0.326 e. The van der Waals surface area contributed by atoms with E-state index in [-0.39, 0.29) is 5.91 Å². The third-order valence-corrected chi connectivity index (χ3v) is 5.74. The zero-order valence-corrected chi connectivity index (χ0v) is 16.4. The zero-order chi connectivity index (χ0) is 18.4.